The summed E-state index contributed by atoms with van der Waals surface area (Å²) in [4.78, 5) is 6.58. The average molecular weight is 317 g/mol. The van der Waals surface area contributed by atoms with E-state index in [2.05, 4.69) is 25.9 Å². The van der Waals surface area contributed by atoms with Crippen LogP contribution >= 0.6 is 15.9 Å². The first-order valence-corrected chi connectivity index (χ1v) is 5.53. The van der Waals surface area contributed by atoms with Gasteiger partial charge < -0.3 is 10.0 Å². The average Bonchev–Trinajstić information content (AvgIpc) is 2.29. The van der Waals surface area contributed by atoms with E-state index >= 15 is 0 Å². The predicted octanol–water partition coefficient (Wildman–Crippen LogP) is 0.884. The molecule has 8 heteroatoms. The third kappa shape index (κ3) is 5.30. The molecule has 0 atom stereocenters. The number of pyridine rings is 2. The largest absolute Gasteiger partial charge is 0.488 e. The van der Waals surface area contributed by atoms with E-state index in [1.165, 1.54) is 24.5 Å². The van der Waals surface area contributed by atoms with Crippen LogP contribution in [-0.2, 0) is 0 Å². The van der Waals surface area contributed by atoms with Crippen molar-refractivity contribution in [3.05, 3.63) is 53.0 Å². The second-order valence-corrected chi connectivity index (χ2v) is 4.00. The molecule has 2 aromatic rings. The standard InChI is InChI=1S/C5H5BFNO2.C5H3BrFN/c7-5-3-4(6(9)10)1-2-8-5;6-4-1-2-8-5(7)3-4/h1-3,9-10H;1-3H. The molecule has 0 unspecified atom stereocenters. The molecule has 0 aliphatic carbocycles. The normalized spacial score (nSPS) is 9.39. The Morgan fingerprint density at radius 3 is 1.89 bits per heavy atom. The molecule has 0 saturated heterocycles. The molecule has 0 radical (unpaired) electrons. The Bertz CT molecular complexity index is 499. The third-order valence-corrected chi connectivity index (χ3v) is 2.23. The van der Waals surface area contributed by atoms with E-state index in [1.54, 1.807) is 6.07 Å². The van der Waals surface area contributed by atoms with Gasteiger partial charge in [-0.25, -0.2) is 9.97 Å². The summed E-state index contributed by atoms with van der Waals surface area (Å²) in [6.45, 7) is 0. The Labute approximate surface area is 111 Å². The van der Waals surface area contributed by atoms with Gasteiger partial charge >= 0.3 is 7.12 Å². The van der Waals surface area contributed by atoms with Crippen molar-refractivity contribution in [3.8, 4) is 0 Å². The quantitative estimate of drug-likeness (QED) is 0.605. The zero-order valence-electron chi connectivity index (χ0n) is 8.96. The maximum absolute atomic E-state index is 12.2. The molecule has 4 nitrogen and oxygen atoms in total. The van der Waals surface area contributed by atoms with Crippen molar-refractivity contribution < 1.29 is 18.8 Å². The fraction of sp³-hybridized carbons (Fsp3) is 0. The molecule has 0 aliphatic heterocycles. The Morgan fingerprint density at radius 1 is 1.00 bits per heavy atom. The maximum Gasteiger partial charge on any atom is 0.488 e. The van der Waals surface area contributed by atoms with Crippen molar-refractivity contribution in [1.82, 2.24) is 9.97 Å². The van der Waals surface area contributed by atoms with Crippen molar-refractivity contribution in [2.24, 2.45) is 0 Å². The second kappa shape index (κ2) is 7.15. The van der Waals surface area contributed by atoms with Gasteiger partial charge in [-0.3, -0.25) is 0 Å². The van der Waals surface area contributed by atoms with Crippen LogP contribution in [0.3, 0.4) is 0 Å². The van der Waals surface area contributed by atoms with Crippen molar-refractivity contribution in [3.63, 3.8) is 0 Å². The molecular formula is C10H8BBrF2N2O2. The predicted molar refractivity (Wildman–Crippen MR) is 65.9 cm³/mol. The monoisotopic (exact) mass is 316 g/mol. The van der Waals surface area contributed by atoms with Crippen molar-refractivity contribution in [2.45, 2.75) is 0 Å². The highest BCUT2D eigenvalue weighted by Gasteiger charge is 2.10. The summed E-state index contributed by atoms with van der Waals surface area (Å²) in [6.07, 6.45) is 2.57. The summed E-state index contributed by atoms with van der Waals surface area (Å²) in [5.41, 5.74) is 0.104. The van der Waals surface area contributed by atoms with Crippen LogP contribution in [0.5, 0.6) is 0 Å². The maximum atomic E-state index is 12.2. The van der Waals surface area contributed by atoms with Gasteiger partial charge in [0.25, 0.3) is 0 Å². The lowest BCUT2D eigenvalue weighted by Gasteiger charge is -1.95. The molecular weight excluding hydrogens is 309 g/mol. The van der Waals surface area contributed by atoms with Crippen molar-refractivity contribution in [1.29, 1.82) is 0 Å². The molecule has 2 N–H and O–H groups in total. The first-order chi connectivity index (χ1) is 8.49. The fourth-order valence-corrected chi connectivity index (χ4v) is 1.26. The van der Waals surface area contributed by atoms with Crippen LogP contribution in [0.2, 0.25) is 0 Å². The van der Waals surface area contributed by atoms with E-state index in [4.69, 9.17) is 10.0 Å². The highest BCUT2D eigenvalue weighted by molar-refractivity contribution is 9.10. The summed E-state index contributed by atoms with van der Waals surface area (Å²) >= 11 is 3.08. The van der Waals surface area contributed by atoms with E-state index in [0.717, 1.165) is 6.07 Å². The minimum atomic E-state index is -1.63. The second-order valence-electron chi connectivity index (χ2n) is 3.08. The topological polar surface area (TPSA) is 66.2 Å². The fourth-order valence-electron chi connectivity index (χ4n) is 0.957. The highest BCUT2D eigenvalue weighted by Crippen LogP contribution is 2.06. The van der Waals surface area contributed by atoms with E-state index in [9.17, 15) is 8.78 Å². The van der Waals surface area contributed by atoms with E-state index in [0.29, 0.717) is 4.47 Å². The van der Waals surface area contributed by atoms with E-state index in [1.807, 2.05) is 0 Å². The van der Waals surface area contributed by atoms with Gasteiger partial charge in [0.2, 0.25) is 11.9 Å². The van der Waals surface area contributed by atoms with Gasteiger partial charge in [-0.05, 0) is 23.7 Å². The Balaban J connectivity index is 0.000000184. The molecule has 0 aromatic carbocycles. The lowest BCUT2D eigenvalue weighted by atomic mass is 9.81. The van der Waals surface area contributed by atoms with Gasteiger partial charge in [-0.1, -0.05) is 15.9 Å². The van der Waals surface area contributed by atoms with Crippen LogP contribution in [0, 0.1) is 11.9 Å². The number of hydrogen-bond donors (Lipinski definition) is 2. The lowest BCUT2D eigenvalue weighted by Crippen LogP contribution is -2.30. The molecule has 0 fully saturated rings. The Hall–Kier alpha value is -1.38. The molecule has 0 amide bonds. The van der Waals surface area contributed by atoms with Crippen LogP contribution < -0.4 is 5.46 Å². The van der Waals surface area contributed by atoms with E-state index < -0.39 is 19.0 Å². The zero-order chi connectivity index (χ0) is 13.5. The number of halogens is 3. The molecule has 0 bridgehead atoms. The molecule has 2 heterocycles. The minimum absolute atomic E-state index is 0.104. The smallest absolute Gasteiger partial charge is 0.423 e. The number of rotatable bonds is 1. The summed E-state index contributed by atoms with van der Waals surface area (Å²) in [7, 11) is -1.63. The molecule has 2 rings (SSSR count). The third-order valence-electron chi connectivity index (χ3n) is 1.74. The first kappa shape index (κ1) is 14.7. The number of aromatic nitrogens is 2. The van der Waals surface area contributed by atoms with Crippen LogP contribution in [-0.4, -0.2) is 27.1 Å². The number of hydrogen-bond acceptors (Lipinski definition) is 4. The van der Waals surface area contributed by atoms with Gasteiger partial charge in [0.1, 0.15) is 0 Å². The SMILES string of the molecule is Fc1cc(Br)ccn1.OB(O)c1ccnc(F)c1. The van der Waals surface area contributed by atoms with Crippen molar-refractivity contribution in [2.75, 3.05) is 0 Å². The number of nitrogens with zero attached hydrogens (tertiary/aromatic N) is 2. The lowest BCUT2D eigenvalue weighted by molar-refractivity contribution is 0.425. The highest BCUT2D eigenvalue weighted by atomic mass is 79.9. The molecule has 0 saturated carbocycles. The van der Waals surface area contributed by atoms with Gasteiger partial charge in [-0.15, -0.1) is 0 Å². The van der Waals surface area contributed by atoms with Gasteiger partial charge in [-0.2, -0.15) is 8.78 Å². The molecule has 0 aliphatic rings. The van der Waals surface area contributed by atoms with Crippen LogP contribution in [0.15, 0.2) is 41.1 Å². The summed E-state index contributed by atoms with van der Waals surface area (Å²) < 4.78 is 24.9. The Kier molecular flexibility index (Phi) is 5.83. The summed E-state index contributed by atoms with van der Waals surface area (Å²) in [6, 6.07) is 5.27. The van der Waals surface area contributed by atoms with Gasteiger partial charge in [0.15, 0.2) is 0 Å². The zero-order valence-corrected chi connectivity index (χ0v) is 10.6. The first-order valence-electron chi connectivity index (χ1n) is 4.73. The van der Waals surface area contributed by atoms with Crippen molar-refractivity contribution >= 4 is 28.5 Å². The van der Waals surface area contributed by atoms with E-state index in [-0.39, 0.29) is 5.46 Å². The molecule has 18 heavy (non-hydrogen) atoms. The van der Waals surface area contributed by atoms with Crippen LogP contribution in [0.4, 0.5) is 8.78 Å². The molecule has 94 valence electrons. The van der Waals surface area contributed by atoms with Gasteiger partial charge in [0.05, 0.1) is 0 Å². The minimum Gasteiger partial charge on any atom is -0.423 e. The molecule has 0 spiro atoms. The van der Waals surface area contributed by atoms with Crippen LogP contribution in [0.25, 0.3) is 0 Å². The molecule has 2 aromatic heterocycles. The Morgan fingerprint density at radius 2 is 1.56 bits per heavy atom. The van der Waals surface area contributed by atoms with Crippen LogP contribution in [0.1, 0.15) is 0 Å². The summed E-state index contributed by atoms with van der Waals surface area (Å²) in [5.74, 6) is -1.18. The summed E-state index contributed by atoms with van der Waals surface area (Å²) in [5, 5.41) is 17.0. The van der Waals surface area contributed by atoms with Gasteiger partial charge in [0, 0.05) is 22.9 Å².